The van der Waals surface area contributed by atoms with E-state index in [-0.39, 0.29) is 71.3 Å². The molecular formula is C47H72INO13. The number of ether oxygens (including phenoxy) is 5. The molecule has 1 saturated carbocycles. The van der Waals surface area contributed by atoms with Crippen molar-refractivity contribution in [2.75, 3.05) is 32.3 Å². The molecule has 2 aliphatic rings. The smallest absolute Gasteiger partial charge is 0.329 e. The predicted molar refractivity (Wildman–Crippen MR) is 243 cm³/mol. The van der Waals surface area contributed by atoms with Crippen molar-refractivity contribution in [3.8, 4) is 0 Å². The molecule has 2 fully saturated rings. The Labute approximate surface area is 382 Å². The molecule has 1 aliphatic heterocycles. The second kappa shape index (κ2) is 27.3. The third-order valence-electron chi connectivity index (χ3n) is 12.1. The number of hydrogen-bond donors (Lipinski definition) is 2. The standard InChI is InChI=1S/C47H72INO13/c1-11-12-13-14-15-18-29(2)23-32(5)41(52)43(59-9)42(53)33(6)24-30(3)36(50)27-38(31(4)25-34-20-21-37(39(26-34)58-8)61-40(51)28-48)62-46(56)35-19-16-17-22-49(35)45(55)44(54)47(7,57)60-10/h11-15,18,24,29-32,34-35,37-39,42-43,53,57H,16-17,19-23,25-28H2,1-10H3/b12-11-,14-13+,18-15+,33-24+/t29-,30-,31-,32-,34+,35+,37-,38+,39-,42-,43+,47-/m1/s1. The molecule has 62 heavy (non-hydrogen) atoms. The number of halogens is 1. The fourth-order valence-corrected chi connectivity index (χ4v) is 8.40. The molecule has 2 rings (SSSR count). The monoisotopic (exact) mass is 985 g/mol. The van der Waals surface area contributed by atoms with Crippen LogP contribution in [0.25, 0.3) is 0 Å². The molecule has 0 unspecified atom stereocenters. The number of alkyl halides is 1. The Morgan fingerprint density at radius 3 is 2.23 bits per heavy atom. The summed E-state index contributed by atoms with van der Waals surface area (Å²) in [6.07, 6.45) is 13.2. The van der Waals surface area contributed by atoms with Crippen molar-refractivity contribution in [1.29, 1.82) is 0 Å². The van der Waals surface area contributed by atoms with Crippen LogP contribution in [-0.2, 0) is 52.5 Å². The first-order valence-corrected chi connectivity index (χ1v) is 23.3. The zero-order valence-electron chi connectivity index (χ0n) is 38.4. The van der Waals surface area contributed by atoms with Gasteiger partial charge < -0.3 is 38.8 Å². The maximum atomic E-state index is 14.0. The van der Waals surface area contributed by atoms with Crippen LogP contribution in [0.1, 0.15) is 106 Å². The molecule has 15 heteroatoms. The highest BCUT2D eigenvalue weighted by atomic mass is 127. The van der Waals surface area contributed by atoms with Crippen molar-refractivity contribution in [3.63, 3.8) is 0 Å². The fourth-order valence-electron chi connectivity index (χ4n) is 8.22. The number of hydrogen-bond acceptors (Lipinski definition) is 13. The Balaban J connectivity index is 2.32. The van der Waals surface area contributed by atoms with Gasteiger partial charge in [0.25, 0.3) is 11.7 Å². The number of methoxy groups -OCH3 is 3. The van der Waals surface area contributed by atoms with Crippen LogP contribution in [0.2, 0.25) is 0 Å². The van der Waals surface area contributed by atoms with Gasteiger partial charge in [0.1, 0.15) is 36.2 Å². The van der Waals surface area contributed by atoms with E-state index in [1.807, 2.05) is 79.8 Å². The molecule has 0 spiro atoms. The lowest BCUT2D eigenvalue weighted by atomic mass is 9.78. The molecule has 0 aromatic carbocycles. The van der Waals surface area contributed by atoms with E-state index in [9.17, 15) is 39.0 Å². The lowest BCUT2D eigenvalue weighted by Gasteiger charge is -2.38. The summed E-state index contributed by atoms with van der Waals surface area (Å²) in [6, 6.07) is -1.13. The number of allylic oxidation sites excluding steroid dienone is 7. The van der Waals surface area contributed by atoms with Gasteiger partial charge in [-0.05, 0) is 95.5 Å². The first-order chi connectivity index (χ1) is 29.3. The average molecular weight is 986 g/mol. The molecule has 14 nitrogen and oxygen atoms in total. The summed E-state index contributed by atoms with van der Waals surface area (Å²) < 4.78 is 28.1. The summed E-state index contributed by atoms with van der Waals surface area (Å²) in [6.45, 7) is 12.1. The van der Waals surface area contributed by atoms with Gasteiger partial charge in [-0.1, -0.05) is 92.8 Å². The summed E-state index contributed by atoms with van der Waals surface area (Å²) >= 11 is 1.96. The summed E-state index contributed by atoms with van der Waals surface area (Å²) in [7, 11) is 4.03. The number of aliphatic hydroxyl groups excluding tert-OH is 1. The van der Waals surface area contributed by atoms with Crippen LogP contribution < -0.4 is 0 Å². The second-order valence-electron chi connectivity index (χ2n) is 17.1. The number of carbonyl (C=O) groups is 6. The molecule has 1 amide bonds. The number of likely N-dealkylation sites (tertiary alicyclic amines) is 1. The first-order valence-electron chi connectivity index (χ1n) is 21.8. The van der Waals surface area contributed by atoms with Crippen LogP contribution in [0.3, 0.4) is 0 Å². The van der Waals surface area contributed by atoms with Gasteiger partial charge in [-0.15, -0.1) is 0 Å². The SMILES string of the molecule is C\C=C/C=C/C=C/[C@@H](C)C[C@@H](C)C(=O)[C@H](OC)[C@H](O)/C(C)=C/[C@@H](C)C(=O)C[C@H](OC(=O)[C@@H]1CCCCN1C(=O)C(=O)[C@](C)(O)OC)[C@H](C)C[C@@H]1CC[C@@H](OC(=O)CI)[C@H](OC)C1. The Bertz CT molecular complexity index is 1620. The zero-order chi connectivity index (χ0) is 46.7. The second-order valence-corrected chi connectivity index (χ2v) is 17.9. The van der Waals surface area contributed by atoms with Gasteiger partial charge in [0, 0.05) is 46.1 Å². The highest BCUT2D eigenvalue weighted by Gasteiger charge is 2.44. The summed E-state index contributed by atoms with van der Waals surface area (Å²) in [5.74, 6) is -7.65. The molecule has 1 heterocycles. The number of aliphatic hydroxyl groups is 2. The van der Waals surface area contributed by atoms with Crippen molar-refractivity contribution < 1.29 is 62.7 Å². The quantitative estimate of drug-likeness (QED) is 0.0199. The number of Topliss-reactive ketones (excluding diaryl/α,β-unsaturated/α-hetero) is 3. The number of amides is 1. The molecule has 0 bridgehead atoms. The zero-order valence-corrected chi connectivity index (χ0v) is 40.5. The largest absolute Gasteiger partial charge is 0.460 e. The van der Waals surface area contributed by atoms with Gasteiger partial charge in [-0.25, -0.2) is 4.79 Å². The van der Waals surface area contributed by atoms with Crippen molar-refractivity contribution in [1.82, 2.24) is 4.90 Å². The maximum Gasteiger partial charge on any atom is 0.329 e. The molecule has 0 aromatic rings. The topological polar surface area (TPSA) is 192 Å². The fraction of sp³-hybridized carbons (Fsp3) is 0.702. The molecule has 350 valence electrons. The Morgan fingerprint density at radius 1 is 0.935 bits per heavy atom. The number of nitrogens with zero attached hydrogens (tertiary/aromatic N) is 1. The van der Waals surface area contributed by atoms with E-state index in [2.05, 4.69) is 0 Å². The van der Waals surface area contributed by atoms with Crippen molar-refractivity contribution in [2.24, 2.45) is 29.6 Å². The van der Waals surface area contributed by atoms with E-state index < -0.39 is 59.6 Å². The lowest BCUT2D eigenvalue weighted by Crippen LogP contribution is -2.56. The molecule has 1 saturated heterocycles. The molecule has 12 atom stereocenters. The van der Waals surface area contributed by atoms with E-state index in [1.54, 1.807) is 34.0 Å². The maximum absolute atomic E-state index is 14.0. The molecule has 2 N–H and O–H groups in total. The number of ketones is 3. The van der Waals surface area contributed by atoms with Crippen LogP contribution in [-0.4, -0.2) is 125 Å². The van der Waals surface area contributed by atoms with Gasteiger partial charge in [0.05, 0.1) is 10.5 Å². The molecule has 1 aliphatic carbocycles. The normalized spacial score (nSPS) is 24.5. The van der Waals surface area contributed by atoms with Crippen LogP contribution >= 0.6 is 22.6 Å². The number of esters is 2. The van der Waals surface area contributed by atoms with E-state index in [4.69, 9.17) is 23.7 Å². The minimum atomic E-state index is -2.38. The van der Waals surface area contributed by atoms with Crippen LogP contribution in [0, 0.1) is 29.6 Å². The molecule has 0 radical (unpaired) electrons. The van der Waals surface area contributed by atoms with E-state index in [1.165, 1.54) is 7.11 Å². The molecule has 0 aromatic heterocycles. The van der Waals surface area contributed by atoms with E-state index in [0.29, 0.717) is 50.5 Å². The van der Waals surface area contributed by atoms with Crippen molar-refractivity contribution in [2.45, 2.75) is 149 Å². The van der Waals surface area contributed by atoms with Crippen molar-refractivity contribution >= 4 is 57.8 Å². The van der Waals surface area contributed by atoms with Crippen LogP contribution in [0.5, 0.6) is 0 Å². The highest BCUT2D eigenvalue weighted by molar-refractivity contribution is 14.1. The summed E-state index contributed by atoms with van der Waals surface area (Å²) in [5, 5.41) is 21.7. The van der Waals surface area contributed by atoms with Gasteiger partial charge in [0.15, 0.2) is 5.78 Å². The Morgan fingerprint density at radius 2 is 1.61 bits per heavy atom. The number of rotatable bonds is 25. The van der Waals surface area contributed by atoms with Gasteiger partial charge in [-0.3, -0.25) is 24.0 Å². The minimum absolute atomic E-state index is 0.0853. The van der Waals surface area contributed by atoms with Crippen LogP contribution in [0.4, 0.5) is 0 Å². The van der Waals surface area contributed by atoms with Crippen LogP contribution in [0.15, 0.2) is 48.1 Å². The van der Waals surface area contributed by atoms with Gasteiger partial charge in [-0.2, -0.15) is 0 Å². The third kappa shape index (κ3) is 16.8. The van der Waals surface area contributed by atoms with Crippen molar-refractivity contribution in [3.05, 3.63) is 48.1 Å². The Hall–Kier alpha value is -3.09. The Kier molecular flexibility index (Phi) is 24.2. The lowest BCUT2D eigenvalue weighted by molar-refractivity contribution is -0.193. The summed E-state index contributed by atoms with van der Waals surface area (Å²) in [5.41, 5.74) is 0.375. The molecular weight excluding hydrogens is 913 g/mol. The third-order valence-corrected chi connectivity index (χ3v) is 12.7. The van der Waals surface area contributed by atoms with E-state index >= 15 is 0 Å². The predicted octanol–water partition coefficient (Wildman–Crippen LogP) is 6.23. The number of carbonyl (C=O) groups excluding carboxylic acids is 6. The highest BCUT2D eigenvalue weighted by Crippen LogP contribution is 2.35. The summed E-state index contributed by atoms with van der Waals surface area (Å²) in [4.78, 5) is 81.0. The van der Waals surface area contributed by atoms with E-state index in [0.717, 1.165) is 18.9 Å². The number of piperidine rings is 1. The van der Waals surface area contributed by atoms with Gasteiger partial charge >= 0.3 is 11.9 Å². The average Bonchev–Trinajstić information content (AvgIpc) is 3.25. The van der Waals surface area contributed by atoms with Gasteiger partial charge in [0.2, 0.25) is 5.79 Å². The first kappa shape index (κ1) is 55.0. The minimum Gasteiger partial charge on any atom is -0.460 e.